The Morgan fingerprint density at radius 3 is 2.62 bits per heavy atom. The summed E-state index contributed by atoms with van der Waals surface area (Å²) >= 11 is 5.14. The molecule has 0 aliphatic heterocycles. The minimum absolute atomic E-state index is 0. The van der Waals surface area contributed by atoms with Gasteiger partial charge in [0.2, 0.25) is 0 Å². The third-order valence-electron chi connectivity index (χ3n) is 0.399. The number of hydrogen-bond donors (Lipinski definition) is 0. The Bertz CT molecular complexity index is 70.8. The Hall–Kier alpha value is -0.140. The summed E-state index contributed by atoms with van der Waals surface area (Å²) in [5, 5.41) is 0. The molecule has 3 heteroatoms. The molecule has 0 heterocycles. The van der Waals surface area contributed by atoms with Crippen LogP contribution < -0.4 is 0 Å². The maximum absolute atomic E-state index is 5.14. The Morgan fingerprint density at radius 1 is 1.62 bits per heavy atom. The lowest BCUT2D eigenvalue weighted by Crippen LogP contribution is -1.76. The molecule has 0 aromatic carbocycles. The van der Waals surface area contributed by atoms with Crippen LogP contribution >= 0.6 is 24.0 Å². The number of ether oxygens (including phenoxy) is 1. The van der Waals surface area contributed by atoms with Crippen LogP contribution in [-0.4, -0.2) is 6.61 Å². The molecule has 0 aliphatic rings. The summed E-state index contributed by atoms with van der Waals surface area (Å²) in [5.74, 6) is 0. The minimum Gasteiger partial charge on any atom is -0.498 e. The molecule has 0 unspecified atom stereocenters. The highest BCUT2D eigenvalue weighted by atomic mass is 35.5. The topological polar surface area (TPSA) is 9.23 Å². The second-order valence-electron chi connectivity index (χ2n) is 0.862. The van der Waals surface area contributed by atoms with Crippen molar-refractivity contribution in [3.63, 3.8) is 0 Å². The smallest absolute Gasteiger partial charge is 0.107 e. The molecule has 0 atom stereocenters. The van der Waals surface area contributed by atoms with Crippen LogP contribution in [0.3, 0.4) is 0 Å². The normalized spacial score (nSPS) is 8.12. The van der Waals surface area contributed by atoms with E-state index >= 15 is 0 Å². The summed E-state index contributed by atoms with van der Waals surface area (Å²) < 4.78 is 4.67. The van der Waals surface area contributed by atoms with Crippen molar-refractivity contribution in [2.45, 2.75) is 0 Å². The first-order valence-corrected chi connectivity index (χ1v) is 2.33. The number of halogens is 2. The van der Waals surface area contributed by atoms with Gasteiger partial charge >= 0.3 is 0 Å². The average molecular weight is 155 g/mol. The van der Waals surface area contributed by atoms with E-state index < -0.39 is 0 Å². The van der Waals surface area contributed by atoms with E-state index in [0.717, 1.165) is 0 Å². The standard InChI is InChI=1S/C5H7ClO.ClH/c1-2-7-5-3-4-6;/h2-4H,1,5H2;1H. The average Bonchev–Trinajstić information content (AvgIpc) is 1.69. The molecule has 0 amide bonds. The predicted molar refractivity (Wildman–Crippen MR) is 38.4 cm³/mol. The highest BCUT2D eigenvalue weighted by Gasteiger charge is 1.66. The Kier molecular flexibility index (Phi) is 13.4. The SMILES string of the molecule is C=COCC=CCl.Cl. The van der Waals surface area contributed by atoms with Crippen molar-refractivity contribution in [1.82, 2.24) is 0 Å². The molecule has 0 aromatic rings. The first kappa shape index (κ1) is 10.8. The first-order chi connectivity index (χ1) is 3.41. The second kappa shape index (κ2) is 9.97. The molecule has 0 bridgehead atoms. The molecule has 0 N–H and O–H groups in total. The zero-order chi connectivity index (χ0) is 5.54. The van der Waals surface area contributed by atoms with Crippen LogP contribution in [0.15, 0.2) is 24.5 Å². The molecule has 0 aromatic heterocycles. The molecule has 8 heavy (non-hydrogen) atoms. The van der Waals surface area contributed by atoms with Crippen molar-refractivity contribution in [3.05, 3.63) is 24.5 Å². The largest absolute Gasteiger partial charge is 0.498 e. The van der Waals surface area contributed by atoms with Gasteiger partial charge in [0.15, 0.2) is 0 Å². The van der Waals surface area contributed by atoms with E-state index in [9.17, 15) is 0 Å². The van der Waals surface area contributed by atoms with Crippen LogP contribution in [0.4, 0.5) is 0 Å². The van der Waals surface area contributed by atoms with Crippen molar-refractivity contribution < 1.29 is 4.74 Å². The molecule has 0 aliphatic carbocycles. The van der Waals surface area contributed by atoms with E-state index in [1.165, 1.54) is 11.8 Å². The van der Waals surface area contributed by atoms with Gasteiger partial charge in [0.05, 0.1) is 6.26 Å². The summed E-state index contributed by atoms with van der Waals surface area (Å²) in [5.41, 5.74) is 1.41. The zero-order valence-electron chi connectivity index (χ0n) is 4.34. The minimum atomic E-state index is 0. The quantitative estimate of drug-likeness (QED) is 0.448. The van der Waals surface area contributed by atoms with Gasteiger partial charge in [-0.2, -0.15) is 0 Å². The van der Waals surface area contributed by atoms with Gasteiger partial charge in [-0.3, -0.25) is 0 Å². The molecule has 0 radical (unpaired) electrons. The fourth-order valence-electron chi connectivity index (χ4n) is 0.160. The molecule has 1 nitrogen and oxygen atoms in total. The fraction of sp³-hybridized carbons (Fsp3) is 0.200. The van der Waals surface area contributed by atoms with Crippen molar-refractivity contribution in [2.24, 2.45) is 0 Å². The Balaban J connectivity index is 0. The lowest BCUT2D eigenvalue weighted by atomic mass is 10.7. The third-order valence-corrected chi connectivity index (χ3v) is 0.578. The molecule has 0 saturated carbocycles. The maximum atomic E-state index is 5.14. The van der Waals surface area contributed by atoms with E-state index in [-0.39, 0.29) is 12.4 Å². The van der Waals surface area contributed by atoms with Gasteiger partial charge in [0.25, 0.3) is 0 Å². The van der Waals surface area contributed by atoms with Crippen LogP contribution in [-0.2, 0) is 4.74 Å². The van der Waals surface area contributed by atoms with Crippen LogP contribution in [0.2, 0.25) is 0 Å². The van der Waals surface area contributed by atoms with Gasteiger partial charge in [-0.05, 0) is 6.08 Å². The van der Waals surface area contributed by atoms with Crippen LogP contribution in [0, 0.1) is 0 Å². The van der Waals surface area contributed by atoms with Crippen LogP contribution in [0.25, 0.3) is 0 Å². The van der Waals surface area contributed by atoms with E-state index in [4.69, 9.17) is 11.6 Å². The van der Waals surface area contributed by atoms with Gasteiger partial charge < -0.3 is 4.74 Å². The summed E-state index contributed by atoms with van der Waals surface area (Å²) in [6.45, 7) is 3.84. The lowest BCUT2D eigenvalue weighted by Gasteiger charge is -1.87. The van der Waals surface area contributed by atoms with Crippen molar-refractivity contribution in [3.8, 4) is 0 Å². The van der Waals surface area contributed by atoms with Gasteiger partial charge in [-0.1, -0.05) is 18.2 Å². The third kappa shape index (κ3) is 9.29. The maximum Gasteiger partial charge on any atom is 0.107 e. The fourth-order valence-corrected chi connectivity index (χ4v) is 0.233. The lowest BCUT2D eigenvalue weighted by molar-refractivity contribution is 0.291. The molecular weight excluding hydrogens is 147 g/mol. The van der Waals surface area contributed by atoms with Gasteiger partial charge in [-0.25, -0.2) is 0 Å². The summed E-state index contributed by atoms with van der Waals surface area (Å²) in [4.78, 5) is 0. The van der Waals surface area contributed by atoms with Crippen molar-refractivity contribution >= 4 is 24.0 Å². The van der Waals surface area contributed by atoms with Gasteiger partial charge in [0.1, 0.15) is 6.61 Å². The molecule has 0 saturated heterocycles. The molecule has 0 fully saturated rings. The molecule has 0 spiro atoms. The van der Waals surface area contributed by atoms with Crippen LogP contribution in [0.5, 0.6) is 0 Å². The predicted octanol–water partition coefficient (Wildman–Crippen LogP) is 2.32. The van der Waals surface area contributed by atoms with Crippen LogP contribution in [0.1, 0.15) is 0 Å². The van der Waals surface area contributed by atoms with Crippen molar-refractivity contribution in [2.75, 3.05) is 6.61 Å². The second-order valence-corrected chi connectivity index (χ2v) is 1.11. The van der Waals surface area contributed by atoms with E-state index in [1.807, 2.05) is 0 Å². The molecular formula is C5H8Cl2O. The number of hydrogen-bond acceptors (Lipinski definition) is 1. The molecule has 48 valence electrons. The van der Waals surface area contributed by atoms with Gasteiger partial charge in [0, 0.05) is 5.54 Å². The van der Waals surface area contributed by atoms with E-state index in [2.05, 4.69) is 11.3 Å². The van der Waals surface area contributed by atoms with E-state index in [1.54, 1.807) is 6.08 Å². The summed E-state index contributed by atoms with van der Waals surface area (Å²) in [6, 6.07) is 0. The highest BCUT2D eigenvalue weighted by Crippen LogP contribution is 1.79. The highest BCUT2D eigenvalue weighted by molar-refractivity contribution is 6.25. The van der Waals surface area contributed by atoms with E-state index in [0.29, 0.717) is 6.61 Å². The van der Waals surface area contributed by atoms with Gasteiger partial charge in [-0.15, -0.1) is 12.4 Å². The summed E-state index contributed by atoms with van der Waals surface area (Å²) in [7, 11) is 0. The zero-order valence-corrected chi connectivity index (χ0v) is 5.91. The summed E-state index contributed by atoms with van der Waals surface area (Å²) in [6.07, 6.45) is 3.06. The Labute approximate surface area is 60.4 Å². The molecule has 0 rings (SSSR count). The Morgan fingerprint density at radius 2 is 2.25 bits per heavy atom. The van der Waals surface area contributed by atoms with Crippen molar-refractivity contribution in [1.29, 1.82) is 0 Å². The number of rotatable bonds is 3. The monoisotopic (exact) mass is 154 g/mol. The first-order valence-electron chi connectivity index (χ1n) is 1.89.